The van der Waals surface area contributed by atoms with E-state index in [-0.39, 0.29) is 0 Å². The van der Waals surface area contributed by atoms with Gasteiger partial charge >= 0.3 is 0 Å². The van der Waals surface area contributed by atoms with Crippen LogP contribution in [0.1, 0.15) is 105 Å². The van der Waals surface area contributed by atoms with E-state index in [1.807, 2.05) is 0 Å². The summed E-state index contributed by atoms with van der Waals surface area (Å²) in [6.07, 6.45) is 17.6. The van der Waals surface area contributed by atoms with Gasteiger partial charge in [-0.1, -0.05) is 53.9 Å². The van der Waals surface area contributed by atoms with E-state index in [1.54, 1.807) is 6.42 Å². The van der Waals surface area contributed by atoms with Gasteiger partial charge in [-0.25, -0.2) is 0 Å². The summed E-state index contributed by atoms with van der Waals surface area (Å²) in [5.41, 5.74) is 1.25. The third-order valence-corrected chi connectivity index (χ3v) is 11.1. The highest BCUT2D eigenvalue weighted by Gasteiger charge is 2.63. The Morgan fingerprint density at radius 3 is 2.43 bits per heavy atom. The molecule has 4 saturated carbocycles. The van der Waals surface area contributed by atoms with Crippen molar-refractivity contribution < 1.29 is 4.74 Å². The van der Waals surface area contributed by atoms with E-state index in [0.717, 1.165) is 41.4 Å². The Hall–Kier alpha value is -0.0400. The lowest BCUT2D eigenvalue weighted by Gasteiger charge is -2.60. The Labute approximate surface area is 174 Å². The lowest BCUT2D eigenvalue weighted by atomic mass is 9.44. The molecule has 0 spiro atoms. The van der Waals surface area contributed by atoms with Crippen LogP contribution in [-0.4, -0.2) is 12.2 Å². The van der Waals surface area contributed by atoms with Crippen molar-refractivity contribution in [1.82, 2.24) is 0 Å². The first kappa shape index (κ1) is 19.9. The molecule has 1 aliphatic heterocycles. The van der Waals surface area contributed by atoms with Crippen molar-refractivity contribution in [2.75, 3.05) is 0 Å². The molecule has 5 aliphatic rings. The zero-order valence-electron chi connectivity index (χ0n) is 19.4. The molecule has 1 nitrogen and oxygen atoms in total. The third kappa shape index (κ3) is 3.04. The molecule has 0 aromatic heterocycles. The van der Waals surface area contributed by atoms with Crippen molar-refractivity contribution in [3.63, 3.8) is 0 Å². The highest BCUT2D eigenvalue weighted by molar-refractivity contribution is 5.12. The van der Waals surface area contributed by atoms with Gasteiger partial charge in [0, 0.05) is 0 Å². The number of hydrogen-bond acceptors (Lipinski definition) is 1. The Balaban J connectivity index is 1.30. The Morgan fingerprint density at radius 2 is 1.64 bits per heavy atom. The van der Waals surface area contributed by atoms with Crippen LogP contribution in [0.3, 0.4) is 0 Å². The molecule has 1 heterocycles. The third-order valence-electron chi connectivity index (χ3n) is 11.1. The van der Waals surface area contributed by atoms with Gasteiger partial charge in [0.05, 0.1) is 12.2 Å². The van der Waals surface area contributed by atoms with Crippen LogP contribution in [0.25, 0.3) is 0 Å². The standard InChI is InChI=1S/C27H46O/c1-17(2)7-6-8-18(3)21-11-12-22-20-10-9-19-15-24-25(28-24)16-27(19,5)23(20)13-14-26(21,22)4/h17-25H,6-16H2,1-5H3. The van der Waals surface area contributed by atoms with E-state index in [0.29, 0.717) is 23.0 Å². The number of epoxide rings is 1. The Morgan fingerprint density at radius 1 is 0.857 bits per heavy atom. The summed E-state index contributed by atoms with van der Waals surface area (Å²) in [5.74, 6) is 6.84. The van der Waals surface area contributed by atoms with Gasteiger partial charge in [0.1, 0.15) is 0 Å². The van der Waals surface area contributed by atoms with Crippen molar-refractivity contribution in [2.45, 2.75) is 117 Å². The van der Waals surface area contributed by atoms with E-state index >= 15 is 0 Å². The van der Waals surface area contributed by atoms with Gasteiger partial charge in [0.25, 0.3) is 0 Å². The number of ether oxygens (including phenoxy) is 1. The van der Waals surface area contributed by atoms with Crippen LogP contribution in [0.15, 0.2) is 0 Å². The molecule has 160 valence electrons. The van der Waals surface area contributed by atoms with E-state index in [4.69, 9.17) is 4.74 Å². The van der Waals surface area contributed by atoms with Crippen molar-refractivity contribution >= 4 is 0 Å². The molecular formula is C27H46O. The van der Waals surface area contributed by atoms with Crippen LogP contribution in [0.5, 0.6) is 0 Å². The summed E-state index contributed by atoms with van der Waals surface area (Å²) in [4.78, 5) is 0. The highest BCUT2D eigenvalue weighted by atomic mass is 16.6. The van der Waals surface area contributed by atoms with Gasteiger partial charge in [-0.15, -0.1) is 0 Å². The Kier molecular flexibility index (Phi) is 4.97. The highest BCUT2D eigenvalue weighted by Crippen LogP contribution is 2.69. The second-order valence-corrected chi connectivity index (χ2v) is 12.8. The first-order valence-electron chi connectivity index (χ1n) is 13.0. The summed E-state index contributed by atoms with van der Waals surface area (Å²) >= 11 is 0. The molecule has 4 aliphatic carbocycles. The van der Waals surface area contributed by atoms with E-state index in [2.05, 4.69) is 34.6 Å². The SMILES string of the molecule is CC(C)CCCC(C)C1CCC2C3CCC4CC5OC5CC4(C)C3CCC12C. The minimum absolute atomic E-state index is 0.600. The maximum Gasteiger partial charge on any atom is 0.0847 e. The topological polar surface area (TPSA) is 12.5 Å². The Bertz CT molecular complexity index is 583. The van der Waals surface area contributed by atoms with Gasteiger partial charge in [0.2, 0.25) is 0 Å². The number of hydrogen-bond donors (Lipinski definition) is 0. The molecular weight excluding hydrogens is 340 g/mol. The summed E-state index contributed by atoms with van der Waals surface area (Å²) in [5, 5.41) is 0. The van der Waals surface area contributed by atoms with E-state index in [1.165, 1.54) is 64.2 Å². The largest absolute Gasteiger partial charge is 0.370 e. The van der Waals surface area contributed by atoms with Crippen LogP contribution in [0.2, 0.25) is 0 Å². The summed E-state index contributed by atoms with van der Waals surface area (Å²) in [6.45, 7) is 12.8. The molecule has 28 heavy (non-hydrogen) atoms. The molecule has 10 atom stereocenters. The number of fused-ring (bicyclic) bond motifs is 6. The predicted octanol–water partition coefficient (Wildman–Crippen LogP) is 7.49. The van der Waals surface area contributed by atoms with Crippen molar-refractivity contribution in [2.24, 2.45) is 52.3 Å². The maximum absolute atomic E-state index is 6.02. The van der Waals surface area contributed by atoms with Crippen LogP contribution < -0.4 is 0 Å². The van der Waals surface area contributed by atoms with Crippen LogP contribution in [0.4, 0.5) is 0 Å². The molecule has 10 unspecified atom stereocenters. The van der Waals surface area contributed by atoms with Crippen molar-refractivity contribution in [1.29, 1.82) is 0 Å². The first-order valence-corrected chi connectivity index (χ1v) is 13.0. The predicted molar refractivity (Wildman–Crippen MR) is 117 cm³/mol. The molecule has 1 saturated heterocycles. The fraction of sp³-hybridized carbons (Fsp3) is 1.00. The monoisotopic (exact) mass is 386 g/mol. The second-order valence-electron chi connectivity index (χ2n) is 12.8. The quantitative estimate of drug-likeness (QED) is 0.446. The normalized spacial score (nSPS) is 53.1. The van der Waals surface area contributed by atoms with Gasteiger partial charge in [-0.2, -0.15) is 0 Å². The van der Waals surface area contributed by atoms with Crippen molar-refractivity contribution in [3.8, 4) is 0 Å². The summed E-state index contributed by atoms with van der Waals surface area (Å²) in [6, 6.07) is 0. The lowest BCUT2D eigenvalue weighted by molar-refractivity contribution is -0.110. The molecule has 0 N–H and O–H groups in total. The van der Waals surface area contributed by atoms with E-state index in [9.17, 15) is 0 Å². The minimum atomic E-state index is 0.600. The maximum atomic E-state index is 6.02. The molecule has 0 bridgehead atoms. The van der Waals surface area contributed by atoms with Gasteiger partial charge < -0.3 is 4.74 Å². The minimum Gasteiger partial charge on any atom is -0.370 e. The fourth-order valence-electron chi connectivity index (χ4n) is 9.54. The molecule has 5 rings (SSSR count). The van der Waals surface area contributed by atoms with Crippen LogP contribution >= 0.6 is 0 Å². The zero-order chi connectivity index (χ0) is 19.7. The fourth-order valence-corrected chi connectivity index (χ4v) is 9.54. The average molecular weight is 387 g/mol. The second kappa shape index (κ2) is 7.00. The zero-order valence-corrected chi connectivity index (χ0v) is 19.4. The first-order chi connectivity index (χ1) is 13.3. The average Bonchev–Trinajstić information content (AvgIpc) is 3.27. The molecule has 0 amide bonds. The van der Waals surface area contributed by atoms with Gasteiger partial charge in [-0.05, 0) is 104 Å². The lowest BCUT2D eigenvalue weighted by Crippen LogP contribution is -2.54. The van der Waals surface area contributed by atoms with E-state index < -0.39 is 0 Å². The number of rotatable bonds is 5. The molecule has 0 aromatic rings. The summed E-state index contributed by atoms with van der Waals surface area (Å²) < 4.78 is 6.02. The molecule has 5 fully saturated rings. The van der Waals surface area contributed by atoms with Gasteiger partial charge in [-0.3, -0.25) is 0 Å². The van der Waals surface area contributed by atoms with Crippen LogP contribution in [0, 0.1) is 52.3 Å². The molecule has 0 aromatic carbocycles. The molecule has 0 radical (unpaired) electrons. The summed E-state index contributed by atoms with van der Waals surface area (Å²) in [7, 11) is 0. The molecule has 1 heteroatoms. The van der Waals surface area contributed by atoms with Crippen LogP contribution in [-0.2, 0) is 4.74 Å². The smallest absolute Gasteiger partial charge is 0.0847 e. The van der Waals surface area contributed by atoms with Crippen molar-refractivity contribution in [3.05, 3.63) is 0 Å². The van der Waals surface area contributed by atoms with Gasteiger partial charge in [0.15, 0.2) is 0 Å².